The molecule has 2 nitrogen and oxygen atoms in total. The number of aryl methyl sites for hydroxylation is 1. The van der Waals surface area contributed by atoms with E-state index in [1.165, 1.54) is 17.2 Å². The highest BCUT2D eigenvalue weighted by Gasteiger charge is 2.17. The summed E-state index contributed by atoms with van der Waals surface area (Å²) in [6.07, 6.45) is 3.20. The van der Waals surface area contributed by atoms with Crippen molar-refractivity contribution in [3.05, 3.63) is 65.0 Å². The topological polar surface area (TPSA) is 35.2 Å². The average molecular weight is 271 g/mol. The summed E-state index contributed by atoms with van der Waals surface area (Å²) in [5.74, 6) is 0.550. The zero-order valence-electron chi connectivity index (χ0n) is 11.3. The van der Waals surface area contributed by atoms with E-state index >= 15 is 0 Å². The number of ether oxygens (including phenoxy) is 1. The van der Waals surface area contributed by atoms with Gasteiger partial charge in [-0.2, -0.15) is 0 Å². The van der Waals surface area contributed by atoms with Gasteiger partial charge in [0.05, 0.1) is 0 Å². The summed E-state index contributed by atoms with van der Waals surface area (Å²) in [5.41, 5.74) is 9.14. The van der Waals surface area contributed by atoms with Gasteiger partial charge in [-0.25, -0.2) is 4.39 Å². The lowest BCUT2D eigenvalue weighted by atomic mass is 9.88. The first-order chi connectivity index (χ1) is 9.74. The molecule has 20 heavy (non-hydrogen) atoms. The van der Waals surface area contributed by atoms with Crippen LogP contribution in [0.1, 0.15) is 35.6 Å². The zero-order chi connectivity index (χ0) is 13.9. The van der Waals surface area contributed by atoms with E-state index in [0.717, 1.165) is 25.0 Å². The molecule has 0 radical (unpaired) electrons. The highest BCUT2D eigenvalue weighted by Crippen LogP contribution is 2.30. The minimum absolute atomic E-state index is 0.138. The summed E-state index contributed by atoms with van der Waals surface area (Å²) in [4.78, 5) is 0. The van der Waals surface area contributed by atoms with Gasteiger partial charge >= 0.3 is 0 Å². The highest BCUT2D eigenvalue weighted by molar-refractivity contribution is 5.39. The fourth-order valence-electron chi connectivity index (χ4n) is 2.69. The quantitative estimate of drug-likeness (QED) is 0.923. The van der Waals surface area contributed by atoms with Crippen LogP contribution in [0, 0.1) is 5.82 Å². The molecule has 1 aliphatic carbocycles. The van der Waals surface area contributed by atoms with Crippen molar-refractivity contribution < 1.29 is 9.13 Å². The lowest BCUT2D eigenvalue weighted by Gasteiger charge is -2.22. The van der Waals surface area contributed by atoms with Crippen LogP contribution in [0.4, 0.5) is 4.39 Å². The summed E-state index contributed by atoms with van der Waals surface area (Å²) >= 11 is 0. The Labute approximate surface area is 118 Å². The molecule has 2 aromatic rings. The van der Waals surface area contributed by atoms with Gasteiger partial charge in [0.15, 0.2) is 0 Å². The van der Waals surface area contributed by atoms with Crippen molar-refractivity contribution >= 4 is 0 Å². The number of nitrogens with two attached hydrogens (primary N) is 1. The summed E-state index contributed by atoms with van der Waals surface area (Å²) in [6, 6.07) is 12.8. The van der Waals surface area contributed by atoms with Crippen LogP contribution in [-0.4, -0.2) is 0 Å². The van der Waals surface area contributed by atoms with E-state index in [1.54, 1.807) is 12.1 Å². The number of hydrogen-bond acceptors (Lipinski definition) is 2. The minimum atomic E-state index is -0.229. The Bertz CT molecular complexity index is 612. The summed E-state index contributed by atoms with van der Waals surface area (Å²) in [7, 11) is 0. The van der Waals surface area contributed by atoms with Gasteiger partial charge in [0.2, 0.25) is 0 Å². The zero-order valence-corrected chi connectivity index (χ0v) is 11.3. The molecule has 2 aromatic carbocycles. The van der Waals surface area contributed by atoms with Crippen LogP contribution in [0.5, 0.6) is 5.75 Å². The Balaban J connectivity index is 1.74. The maximum atomic E-state index is 13.5. The van der Waals surface area contributed by atoms with Gasteiger partial charge in [-0.05, 0) is 48.6 Å². The SMILES string of the molecule is NC1CCCc2cc(OCc3ccccc3F)ccc21. The van der Waals surface area contributed by atoms with E-state index in [1.807, 2.05) is 24.3 Å². The smallest absolute Gasteiger partial charge is 0.129 e. The van der Waals surface area contributed by atoms with Gasteiger partial charge in [-0.15, -0.1) is 0 Å². The van der Waals surface area contributed by atoms with E-state index < -0.39 is 0 Å². The molecule has 0 amide bonds. The fourth-order valence-corrected chi connectivity index (χ4v) is 2.69. The Kier molecular flexibility index (Phi) is 3.70. The first kappa shape index (κ1) is 13.1. The van der Waals surface area contributed by atoms with Gasteiger partial charge in [-0.3, -0.25) is 0 Å². The minimum Gasteiger partial charge on any atom is -0.489 e. The molecule has 3 rings (SSSR count). The standard InChI is InChI=1S/C17H18FNO/c18-16-6-2-1-4-13(16)11-20-14-8-9-15-12(10-14)5-3-7-17(15)19/h1-2,4,6,8-10,17H,3,5,7,11,19H2. The number of benzene rings is 2. The lowest BCUT2D eigenvalue weighted by Crippen LogP contribution is -2.17. The second-order valence-corrected chi connectivity index (χ2v) is 5.24. The maximum Gasteiger partial charge on any atom is 0.129 e. The van der Waals surface area contributed by atoms with Crippen LogP contribution < -0.4 is 10.5 Å². The van der Waals surface area contributed by atoms with E-state index in [0.29, 0.717) is 5.56 Å². The summed E-state index contributed by atoms with van der Waals surface area (Å²) in [6.45, 7) is 0.248. The van der Waals surface area contributed by atoms with Crippen LogP contribution >= 0.6 is 0 Å². The van der Waals surface area contributed by atoms with Crippen molar-refractivity contribution in [3.63, 3.8) is 0 Å². The van der Waals surface area contributed by atoms with E-state index in [9.17, 15) is 4.39 Å². The molecule has 1 atom stereocenters. The van der Waals surface area contributed by atoms with Crippen molar-refractivity contribution in [2.24, 2.45) is 5.73 Å². The van der Waals surface area contributed by atoms with Gasteiger partial charge < -0.3 is 10.5 Å². The molecular formula is C17H18FNO. The molecule has 0 bridgehead atoms. The first-order valence-corrected chi connectivity index (χ1v) is 6.98. The van der Waals surface area contributed by atoms with Crippen molar-refractivity contribution in [2.45, 2.75) is 31.9 Å². The van der Waals surface area contributed by atoms with Crippen LogP contribution in [0.15, 0.2) is 42.5 Å². The van der Waals surface area contributed by atoms with E-state index in [4.69, 9.17) is 10.5 Å². The fraction of sp³-hybridized carbons (Fsp3) is 0.294. The lowest BCUT2D eigenvalue weighted by molar-refractivity contribution is 0.299. The predicted octanol–water partition coefficient (Wildman–Crippen LogP) is 3.74. The molecule has 0 fully saturated rings. The van der Waals surface area contributed by atoms with Gasteiger partial charge in [0.1, 0.15) is 18.2 Å². The van der Waals surface area contributed by atoms with Crippen LogP contribution in [0.25, 0.3) is 0 Å². The molecule has 3 heteroatoms. The van der Waals surface area contributed by atoms with Crippen molar-refractivity contribution in [2.75, 3.05) is 0 Å². The third-order valence-corrected chi connectivity index (χ3v) is 3.83. The first-order valence-electron chi connectivity index (χ1n) is 6.98. The van der Waals surface area contributed by atoms with Gasteiger partial charge in [0.25, 0.3) is 0 Å². The van der Waals surface area contributed by atoms with E-state index in [-0.39, 0.29) is 18.5 Å². The Morgan fingerprint density at radius 2 is 2.05 bits per heavy atom. The molecule has 0 heterocycles. The Morgan fingerprint density at radius 1 is 1.20 bits per heavy atom. The van der Waals surface area contributed by atoms with Crippen molar-refractivity contribution in [3.8, 4) is 5.75 Å². The van der Waals surface area contributed by atoms with Gasteiger partial charge in [0, 0.05) is 11.6 Å². The molecular weight excluding hydrogens is 253 g/mol. The monoisotopic (exact) mass is 271 g/mol. The molecule has 0 aromatic heterocycles. The van der Waals surface area contributed by atoms with Crippen LogP contribution in [0.3, 0.4) is 0 Å². The number of halogens is 1. The largest absolute Gasteiger partial charge is 0.489 e. The normalized spacial score (nSPS) is 17.6. The summed E-state index contributed by atoms with van der Waals surface area (Å²) < 4.78 is 19.2. The second-order valence-electron chi connectivity index (χ2n) is 5.24. The molecule has 0 spiro atoms. The second kappa shape index (κ2) is 5.63. The molecule has 104 valence electrons. The van der Waals surface area contributed by atoms with Crippen LogP contribution in [0.2, 0.25) is 0 Å². The molecule has 1 aliphatic rings. The van der Waals surface area contributed by atoms with Gasteiger partial charge in [-0.1, -0.05) is 24.3 Å². The third kappa shape index (κ3) is 2.68. The highest BCUT2D eigenvalue weighted by atomic mass is 19.1. The number of fused-ring (bicyclic) bond motifs is 1. The van der Waals surface area contributed by atoms with Crippen molar-refractivity contribution in [1.82, 2.24) is 0 Å². The molecule has 1 unspecified atom stereocenters. The third-order valence-electron chi connectivity index (χ3n) is 3.83. The van der Waals surface area contributed by atoms with E-state index in [2.05, 4.69) is 0 Å². The van der Waals surface area contributed by atoms with Crippen LogP contribution in [-0.2, 0) is 13.0 Å². The Hall–Kier alpha value is -1.87. The van der Waals surface area contributed by atoms with Crippen molar-refractivity contribution in [1.29, 1.82) is 0 Å². The molecule has 0 saturated heterocycles. The molecule has 0 aliphatic heterocycles. The average Bonchev–Trinajstić information content (AvgIpc) is 2.46. The Morgan fingerprint density at radius 3 is 2.90 bits per heavy atom. The predicted molar refractivity (Wildman–Crippen MR) is 77.0 cm³/mol. The summed E-state index contributed by atoms with van der Waals surface area (Å²) in [5, 5.41) is 0. The molecule has 0 saturated carbocycles. The maximum absolute atomic E-state index is 13.5. The molecule has 2 N–H and O–H groups in total. The number of hydrogen-bond donors (Lipinski definition) is 1. The number of rotatable bonds is 3.